The van der Waals surface area contributed by atoms with Crippen LogP contribution >= 0.6 is 22.9 Å². The summed E-state index contributed by atoms with van der Waals surface area (Å²) in [5.74, 6) is 0.751. The Morgan fingerprint density at radius 2 is 1.91 bits per heavy atom. The number of aromatic nitrogens is 4. The maximum Gasteiger partial charge on any atom is 0.269 e. The number of hydrogen-bond acceptors (Lipinski definition) is 5. The maximum atomic E-state index is 12.3. The predicted octanol–water partition coefficient (Wildman–Crippen LogP) is 3.76. The van der Waals surface area contributed by atoms with Gasteiger partial charge in [0, 0.05) is 22.3 Å². The van der Waals surface area contributed by atoms with Gasteiger partial charge in [-0.25, -0.2) is 15.0 Å². The Morgan fingerprint density at radius 3 is 2.70 bits per heavy atom. The van der Waals surface area contributed by atoms with Crippen molar-refractivity contribution in [3.63, 3.8) is 0 Å². The molecule has 4 rings (SSSR count). The average molecular weight is 341 g/mol. The molecule has 7 heteroatoms. The van der Waals surface area contributed by atoms with E-state index in [0.717, 1.165) is 10.4 Å². The summed E-state index contributed by atoms with van der Waals surface area (Å²) in [6.07, 6.45) is 3.22. The molecule has 0 unspecified atom stereocenters. The Labute approximate surface area is 139 Å². The quantitative estimate of drug-likeness (QED) is 0.603. The fraction of sp³-hybridized carbons (Fsp3) is 0. The number of H-pyrrole nitrogens is 1. The summed E-state index contributed by atoms with van der Waals surface area (Å²) in [5.41, 5.74) is 1.38. The molecule has 0 aliphatic rings. The molecule has 1 N–H and O–H groups in total. The Balaban J connectivity index is 1.89. The molecule has 0 aliphatic carbocycles. The van der Waals surface area contributed by atoms with E-state index < -0.39 is 0 Å². The zero-order valence-corrected chi connectivity index (χ0v) is 13.2. The van der Waals surface area contributed by atoms with Gasteiger partial charge in [-0.3, -0.25) is 4.79 Å². The van der Waals surface area contributed by atoms with Crippen LogP contribution in [0.5, 0.6) is 0 Å². The molecule has 1 aromatic carbocycles. The molecule has 0 saturated carbocycles. The summed E-state index contributed by atoms with van der Waals surface area (Å²) in [4.78, 5) is 28.7. The second-order valence-electron chi connectivity index (χ2n) is 4.82. The van der Waals surface area contributed by atoms with Crippen molar-refractivity contribution >= 4 is 33.2 Å². The molecule has 5 nitrogen and oxygen atoms in total. The van der Waals surface area contributed by atoms with Crippen molar-refractivity contribution in [3.8, 4) is 22.1 Å². The number of thiophene rings is 1. The lowest BCUT2D eigenvalue weighted by molar-refractivity contribution is 1.08. The molecule has 23 heavy (non-hydrogen) atoms. The van der Waals surface area contributed by atoms with Gasteiger partial charge < -0.3 is 4.98 Å². The molecule has 0 radical (unpaired) electrons. The van der Waals surface area contributed by atoms with E-state index in [-0.39, 0.29) is 5.56 Å². The zero-order valence-electron chi connectivity index (χ0n) is 11.7. The van der Waals surface area contributed by atoms with Crippen LogP contribution in [0.1, 0.15) is 0 Å². The lowest BCUT2D eigenvalue weighted by atomic mass is 10.2. The van der Waals surface area contributed by atoms with Crippen LogP contribution in [-0.4, -0.2) is 19.9 Å². The summed E-state index contributed by atoms with van der Waals surface area (Å²) in [5, 5.41) is 0.653. The van der Waals surface area contributed by atoms with E-state index in [4.69, 9.17) is 11.6 Å². The van der Waals surface area contributed by atoms with Crippen LogP contribution < -0.4 is 5.56 Å². The van der Waals surface area contributed by atoms with Gasteiger partial charge in [0.2, 0.25) is 0 Å². The van der Waals surface area contributed by atoms with E-state index >= 15 is 0 Å². The molecule has 3 heterocycles. The Hall–Kier alpha value is -2.57. The lowest BCUT2D eigenvalue weighted by Gasteiger charge is -1.97. The summed E-state index contributed by atoms with van der Waals surface area (Å²) >= 11 is 7.42. The SMILES string of the molecule is O=c1[nH]c(-c2ncccn2)nc2cc(-c3cccc(Cl)c3)sc12. The minimum absolute atomic E-state index is 0.198. The third-order valence-corrected chi connectivity index (χ3v) is 4.68. The number of fused-ring (bicyclic) bond motifs is 1. The van der Waals surface area contributed by atoms with Gasteiger partial charge in [0.15, 0.2) is 11.6 Å². The van der Waals surface area contributed by atoms with Crippen LogP contribution in [0.15, 0.2) is 53.6 Å². The molecule has 4 aromatic rings. The molecule has 0 saturated heterocycles. The van der Waals surface area contributed by atoms with E-state index in [1.54, 1.807) is 18.5 Å². The number of nitrogens with one attached hydrogen (secondary N) is 1. The number of hydrogen-bond donors (Lipinski definition) is 1. The molecule has 0 fully saturated rings. The molecular formula is C16H9ClN4OS. The highest BCUT2D eigenvalue weighted by atomic mass is 35.5. The second kappa shape index (κ2) is 5.57. The van der Waals surface area contributed by atoms with E-state index in [0.29, 0.717) is 26.9 Å². The van der Waals surface area contributed by atoms with Crippen molar-refractivity contribution in [2.45, 2.75) is 0 Å². The lowest BCUT2D eigenvalue weighted by Crippen LogP contribution is -2.08. The van der Waals surface area contributed by atoms with E-state index in [1.165, 1.54) is 11.3 Å². The normalized spacial score (nSPS) is 11.0. The molecule has 0 atom stereocenters. The monoisotopic (exact) mass is 340 g/mol. The van der Waals surface area contributed by atoms with E-state index in [1.807, 2.05) is 30.3 Å². The molecule has 0 spiro atoms. The van der Waals surface area contributed by atoms with Crippen molar-refractivity contribution < 1.29 is 0 Å². The Bertz CT molecular complexity index is 1060. The Morgan fingerprint density at radius 1 is 1.09 bits per heavy atom. The van der Waals surface area contributed by atoms with Crippen LogP contribution in [0.4, 0.5) is 0 Å². The summed E-state index contributed by atoms with van der Waals surface area (Å²) in [7, 11) is 0. The largest absolute Gasteiger partial charge is 0.303 e. The van der Waals surface area contributed by atoms with Gasteiger partial charge in [-0.2, -0.15) is 0 Å². The fourth-order valence-electron chi connectivity index (χ4n) is 2.25. The first-order valence-corrected chi connectivity index (χ1v) is 7.97. The topological polar surface area (TPSA) is 71.5 Å². The highest BCUT2D eigenvalue weighted by molar-refractivity contribution is 7.22. The molecule has 0 aliphatic heterocycles. The average Bonchev–Trinajstić information content (AvgIpc) is 3.00. The van der Waals surface area contributed by atoms with Crippen LogP contribution in [0.3, 0.4) is 0 Å². The van der Waals surface area contributed by atoms with Crippen LogP contribution in [0.25, 0.3) is 32.3 Å². The first kappa shape index (κ1) is 14.0. The minimum Gasteiger partial charge on any atom is -0.303 e. The first-order chi connectivity index (χ1) is 11.2. The first-order valence-electron chi connectivity index (χ1n) is 6.78. The standard InChI is InChI=1S/C16H9ClN4OS/c17-10-4-1-3-9(7-10)12-8-11-13(23-12)16(22)21-15(20-11)14-18-5-2-6-19-14/h1-8H,(H,20,21,22). The highest BCUT2D eigenvalue weighted by Gasteiger charge is 2.12. The van der Waals surface area contributed by atoms with Gasteiger partial charge in [0.05, 0.1) is 5.52 Å². The molecule has 0 amide bonds. The van der Waals surface area contributed by atoms with Crippen molar-refractivity contribution in [2.24, 2.45) is 0 Å². The van der Waals surface area contributed by atoms with Crippen molar-refractivity contribution in [1.29, 1.82) is 0 Å². The number of halogens is 1. The van der Waals surface area contributed by atoms with Gasteiger partial charge in [0.25, 0.3) is 5.56 Å². The smallest absolute Gasteiger partial charge is 0.269 e. The van der Waals surface area contributed by atoms with Gasteiger partial charge in [-0.05, 0) is 29.8 Å². The van der Waals surface area contributed by atoms with Crippen molar-refractivity contribution in [3.05, 3.63) is 64.2 Å². The van der Waals surface area contributed by atoms with E-state index in [9.17, 15) is 4.79 Å². The van der Waals surface area contributed by atoms with Crippen molar-refractivity contribution in [2.75, 3.05) is 0 Å². The Kier molecular flexibility index (Phi) is 3.40. The van der Waals surface area contributed by atoms with Gasteiger partial charge in [-0.15, -0.1) is 11.3 Å². The summed E-state index contributed by atoms with van der Waals surface area (Å²) in [6, 6.07) is 11.1. The van der Waals surface area contributed by atoms with Crippen LogP contribution in [-0.2, 0) is 0 Å². The van der Waals surface area contributed by atoms with Crippen molar-refractivity contribution in [1.82, 2.24) is 19.9 Å². The number of rotatable bonds is 2. The minimum atomic E-state index is -0.198. The molecule has 3 aromatic heterocycles. The predicted molar refractivity (Wildman–Crippen MR) is 91.7 cm³/mol. The summed E-state index contributed by atoms with van der Waals surface area (Å²) < 4.78 is 0.569. The third-order valence-electron chi connectivity index (χ3n) is 3.27. The number of benzene rings is 1. The van der Waals surface area contributed by atoms with Gasteiger partial charge in [0.1, 0.15) is 4.70 Å². The maximum absolute atomic E-state index is 12.3. The second-order valence-corrected chi connectivity index (χ2v) is 6.31. The molecule has 0 bridgehead atoms. The fourth-order valence-corrected chi connectivity index (χ4v) is 3.43. The molecule has 112 valence electrons. The van der Waals surface area contributed by atoms with Gasteiger partial charge in [-0.1, -0.05) is 23.7 Å². The third kappa shape index (κ3) is 2.62. The van der Waals surface area contributed by atoms with E-state index in [2.05, 4.69) is 19.9 Å². The highest BCUT2D eigenvalue weighted by Crippen LogP contribution is 2.32. The van der Waals surface area contributed by atoms with Crippen LogP contribution in [0.2, 0.25) is 5.02 Å². The van der Waals surface area contributed by atoms with Gasteiger partial charge >= 0.3 is 0 Å². The zero-order chi connectivity index (χ0) is 15.8. The molecular weight excluding hydrogens is 332 g/mol. The number of nitrogens with zero attached hydrogens (tertiary/aromatic N) is 3. The summed E-state index contributed by atoms with van der Waals surface area (Å²) in [6.45, 7) is 0. The van der Waals surface area contributed by atoms with Crippen LogP contribution in [0, 0.1) is 0 Å². The number of aromatic amines is 1.